The summed E-state index contributed by atoms with van der Waals surface area (Å²) in [5, 5.41) is 11.0. The average Bonchev–Trinajstić information content (AvgIpc) is 2.94. The number of halogens is 1. The number of hydrogen-bond donors (Lipinski definition) is 1. The molecule has 0 unspecified atom stereocenters. The smallest absolute Gasteiger partial charge is 0.255 e. The van der Waals surface area contributed by atoms with Crippen molar-refractivity contribution >= 4 is 11.7 Å². The minimum absolute atomic E-state index is 0.283. The molecule has 0 spiro atoms. The number of nitrogens with one attached hydrogen (secondary N) is 1. The zero-order valence-corrected chi connectivity index (χ0v) is 13.6. The van der Waals surface area contributed by atoms with Gasteiger partial charge in [0.2, 0.25) is 0 Å². The third-order valence-electron chi connectivity index (χ3n) is 3.71. The molecule has 2 heterocycles. The Balaban J connectivity index is 1.58. The van der Waals surface area contributed by atoms with E-state index in [2.05, 4.69) is 20.5 Å². The molecule has 3 aromatic rings. The molecule has 3 rings (SSSR count). The van der Waals surface area contributed by atoms with Crippen molar-refractivity contribution in [3.05, 3.63) is 58.9 Å². The molecule has 0 saturated carbocycles. The molecule has 0 radical (unpaired) electrons. The Bertz CT molecular complexity index is 890. The quantitative estimate of drug-likeness (QED) is 0.730. The molecule has 0 aliphatic carbocycles. The molecule has 0 saturated heterocycles. The Kier molecular flexibility index (Phi) is 4.50. The molecular formula is C17H18FN5O. The van der Waals surface area contributed by atoms with Crippen LogP contribution in [0.1, 0.15) is 34.0 Å². The number of aromatic nitrogens is 4. The number of benzene rings is 1. The van der Waals surface area contributed by atoms with Crippen LogP contribution >= 0.6 is 0 Å². The van der Waals surface area contributed by atoms with E-state index in [4.69, 9.17) is 0 Å². The SMILES string of the molecule is Cc1cc(C)n2c(CCCNC(=O)c3cccc(F)c3)nnc2n1. The van der Waals surface area contributed by atoms with Gasteiger partial charge in [0.1, 0.15) is 11.6 Å². The van der Waals surface area contributed by atoms with Crippen molar-refractivity contribution in [1.82, 2.24) is 24.9 Å². The van der Waals surface area contributed by atoms with Crippen LogP contribution in [0.2, 0.25) is 0 Å². The number of aryl methyl sites for hydroxylation is 3. The van der Waals surface area contributed by atoms with Crippen LogP contribution in [0.4, 0.5) is 4.39 Å². The summed E-state index contributed by atoms with van der Waals surface area (Å²) >= 11 is 0. The Morgan fingerprint density at radius 2 is 2.08 bits per heavy atom. The van der Waals surface area contributed by atoms with E-state index in [0.717, 1.165) is 17.2 Å². The van der Waals surface area contributed by atoms with Crippen molar-refractivity contribution in [2.24, 2.45) is 0 Å². The summed E-state index contributed by atoms with van der Waals surface area (Å²) in [5.41, 5.74) is 2.25. The van der Waals surface area contributed by atoms with Gasteiger partial charge in [-0.15, -0.1) is 10.2 Å². The van der Waals surface area contributed by atoms with E-state index in [-0.39, 0.29) is 5.91 Å². The first-order chi connectivity index (χ1) is 11.5. The van der Waals surface area contributed by atoms with Crippen LogP contribution in [-0.2, 0) is 6.42 Å². The van der Waals surface area contributed by atoms with Crippen LogP contribution in [0.15, 0.2) is 30.3 Å². The van der Waals surface area contributed by atoms with Gasteiger partial charge in [-0.25, -0.2) is 9.37 Å². The second-order valence-corrected chi connectivity index (χ2v) is 5.66. The number of nitrogens with zero attached hydrogens (tertiary/aromatic N) is 4. The third kappa shape index (κ3) is 3.40. The van der Waals surface area contributed by atoms with Crippen molar-refractivity contribution in [3.8, 4) is 0 Å². The Morgan fingerprint density at radius 3 is 2.88 bits per heavy atom. The number of rotatable bonds is 5. The lowest BCUT2D eigenvalue weighted by Crippen LogP contribution is -2.25. The van der Waals surface area contributed by atoms with E-state index in [9.17, 15) is 9.18 Å². The van der Waals surface area contributed by atoms with Gasteiger partial charge in [-0.2, -0.15) is 0 Å². The molecule has 0 atom stereocenters. The highest BCUT2D eigenvalue weighted by Crippen LogP contribution is 2.09. The van der Waals surface area contributed by atoms with Crippen molar-refractivity contribution in [3.63, 3.8) is 0 Å². The summed E-state index contributed by atoms with van der Waals surface area (Å²) in [7, 11) is 0. The molecule has 0 aliphatic heterocycles. The zero-order valence-electron chi connectivity index (χ0n) is 13.6. The predicted octanol–water partition coefficient (Wildman–Crippen LogP) is 2.24. The lowest BCUT2D eigenvalue weighted by atomic mass is 10.2. The Hall–Kier alpha value is -2.83. The minimum Gasteiger partial charge on any atom is -0.352 e. The van der Waals surface area contributed by atoms with Crippen LogP contribution in [0, 0.1) is 19.7 Å². The molecule has 1 aromatic carbocycles. The highest BCUT2D eigenvalue weighted by atomic mass is 19.1. The molecule has 7 heteroatoms. The van der Waals surface area contributed by atoms with Crippen molar-refractivity contribution in [1.29, 1.82) is 0 Å². The molecule has 6 nitrogen and oxygen atoms in total. The van der Waals surface area contributed by atoms with E-state index in [1.807, 2.05) is 24.3 Å². The fraction of sp³-hybridized carbons (Fsp3) is 0.294. The maximum Gasteiger partial charge on any atom is 0.255 e. The second-order valence-electron chi connectivity index (χ2n) is 5.66. The van der Waals surface area contributed by atoms with Crippen LogP contribution in [0.25, 0.3) is 5.78 Å². The summed E-state index contributed by atoms with van der Waals surface area (Å²) < 4.78 is 15.0. The van der Waals surface area contributed by atoms with Gasteiger partial charge in [0.25, 0.3) is 11.7 Å². The van der Waals surface area contributed by atoms with E-state index in [0.29, 0.717) is 30.7 Å². The van der Waals surface area contributed by atoms with Crippen molar-refractivity contribution in [2.75, 3.05) is 6.54 Å². The van der Waals surface area contributed by atoms with Gasteiger partial charge < -0.3 is 5.32 Å². The first-order valence-corrected chi connectivity index (χ1v) is 7.76. The lowest BCUT2D eigenvalue weighted by molar-refractivity contribution is 0.0952. The van der Waals surface area contributed by atoms with E-state index < -0.39 is 5.82 Å². The molecule has 0 fully saturated rings. The third-order valence-corrected chi connectivity index (χ3v) is 3.71. The van der Waals surface area contributed by atoms with Crippen molar-refractivity contribution in [2.45, 2.75) is 26.7 Å². The average molecular weight is 327 g/mol. The summed E-state index contributed by atoms with van der Waals surface area (Å²) in [6.07, 6.45) is 1.37. The maximum atomic E-state index is 13.1. The summed E-state index contributed by atoms with van der Waals surface area (Å²) in [6.45, 7) is 4.38. The van der Waals surface area contributed by atoms with Gasteiger partial charge in [-0.3, -0.25) is 9.20 Å². The monoisotopic (exact) mass is 327 g/mol. The minimum atomic E-state index is -0.421. The largest absolute Gasteiger partial charge is 0.352 e. The highest BCUT2D eigenvalue weighted by molar-refractivity contribution is 5.94. The zero-order chi connectivity index (χ0) is 17.1. The summed E-state index contributed by atoms with van der Waals surface area (Å²) in [4.78, 5) is 16.3. The number of carbonyl (C=O) groups is 1. The van der Waals surface area contributed by atoms with Crippen molar-refractivity contribution < 1.29 is 9.18 Å². The molecule has 0 aliphatic rings. The van der Waals surface area contributed by atoms with Gasteiger partial charge in [-0.05, 0) is 44.5 Å². The predicted molar refractivity (Wildman–Crippen MR) is 87.3 cm³/mol. The first-order valence-electron chi connectivity index (χ1n) is 7.76. The summed E-state index contributed by atoms with van der Waals surface area (Å²) in [5.74, 6) is 0.700. The first kappa shape index (κ1) is 16.0. The summed E-state index contributed by atoms with van der Waals surface area (Å²) in [6, 6.07) is 7.61. The fourth-order valence-electron chi connectivity index (χ4n) is 2.64. The molecule has 1 N–H and O–H groups in total. The molecule has 1 amide bonds. The van der Waals surface area contributed by atoms with Gasteiger partial charge in [0.15, 0.2) is 0 Å². The number of hydrogen-bond acceptors (Lipinski definition) is 4. The van der Waals surface area contributed by atoms with Crippen LogP contribution in [0.3, 0.4) is 0 Å². The Labute approximate surface area is 138 Å². The van der Waals surface area contributed by atoms with Gasteiger partial charge in [-0.1, -0.05) is 6.07 Å². The molecular weight excluding hydrogens is 309 g/mol. The lowest BCUT2D eigenvalue weighted by Gasteiger charge is -2.06. The van der Waals surface area contributed by atoms with Crippen LogP contribution in [-0.4, -0.2) is 32.0 Å². The molecule has 2 aromatic heterocycles. The van der Waals surface area contributed by atoms with Gasteiger partial charge in [0.05, 0.1) is 0 Å². The number of carbonyl (C=O) groups excluding carboxylic acids is 1. The van der Waals surface area contributed by atoms with Gasteiger partial charge >= 0.3 is 0 Å². The number of amides is 1. The second kappa shape index (κ2) is 6.74. The topological polar surface area (TPSA) is 72.2 Å². The Morgan fingerprint density at radius 1 is 1.25 bits per heavy atom. The molecule has 124 valence electrons. The number of fused-ring (bicyclic) bond motifs is 1. The fourth-order valence-corrected chi connectivity index (χ4v) is 2.64. The van der Waals surface area contributed by atoms with Crippen LogP contribution in [0.5, 0.6) is 0 Å². The normalized spacial score (nSPS) is 11.0. The van der Waals surface area contributed by atoms with Gasteiger partial charge in [0, 0.05) is 29.9 Å². The standard InChI is InChI=1S/C17H18FN5O/c1-11-9-12(2)23-15(21-22-17(23)20-11)7-4-8-19-16(24)13-5-3-6-14(18)10-13/h3,5-6,9-10H,4,7-8H2,1-2H3,(H,19,24). The maximum absolute atomic E-state index is 13.1. The van der Waals surface area contributed by atoms with E-state index in [1.165, 1.54) is 18.2 Å². The molecule has 0 bridgehead atoms. The van der Waals surface area contributed by atoms with E-state index in [1.54, 1.807) is 6.07 Å². The van der Waals surface area contributed by atoms with E-state index >= 15 is 0 Å². The van der Waals surface area contributed by atoms with Crippen LogP contribution < -0.4 is 5.32 Å². The highest BCUT2D eigenvalue weighted by Gasteiger charge is 2.10. The molecule has 24 heavy (non-hydrogen) atoms.